The van der Waals surface area contributed by atoms with Gasteiger partial charge in [-0.15, -0.1) is 0 Å². The van der Waals surface area contributed by atoms with Gasteiger partial charge in [-0.25, -0.2) is 0 Å². The summed E-state index contributed by atoms with van der Waals surface area (Å²) in [6, 6.07) is 11.2. The van der Waals surface area contributed by atoms with Crippen molar-refractivity contribution in [3.8, 4) is 23.0 Å². The number of carbonyl (C=O) groups is 1. The van der Waals surface area contributed by atoms with Gasteiger partial charge in [-0.3, -0.25) is 19.7 Å². The molecule has 1 N–H and O–H groups in total. The number of fused-ring (bicyclic) bond motifs is 2. The summed E-state index contributed by atoms with van der Waals surface area (Å²) in [5, 5.41) is 3.08. The standard InChI is InChI=1S/C22H20N4O5/c1-26-21(27)16(8-14-2-4-17-19(9-14)30-12-28-17)25-22(26)24-7-6-23-11-15-3-5-18-20(10-15)31-13-29-18/h2-5,8-11H,6-7,12-13H2,1H3,(H,24,25)/b16-8-,23-11?. The Balaban J connectivity index is 1.20. The molecule has 2 aromatic rings. The first kappa shape index (κ1) is 19.0. The molecule has 9 heteroatoms. The number of ether oxygens (including phenoxy) is 4. The number of rotatable bonds is 5. The van der Waals surface area contributed by atoms with Crippen LogP contribution in [0.5, 0.6) is 23.0 Å². The van der Waals surface area contributed by atoms with Crippen LogP contribution in [0.1, 0.15) is 11.1 Å². The van der Waals surface area contributed by atoms with E-state index in [1.54, 1.807) is 19.3 Å². The predicted octanol–water partition coefficient (Wildman–Crippen LogP) is 2.02. The van der Waals surface area contributed by atoms with Crippen molar-refractivity contribution in [2.45, 2.75) is 0 Å². The first-order valence-corrected chi connectivity index (χ1v) is 9.78. The summed E-state index contributed by atoms with van der Waals surface area (Å²) >= 11 is 0. The van der Waals surface area contributed by atoms with E-state index < -0.39 is 0 Å². The van der Waals surface area contributed by atoms with Gasteiger partial charge in [-0.1, -0.05) is 6.07 Å². The number of amides is 1. The zero-order chi connectivity index (χ0) is 21.2. The van der Waals surface area contributed by atoms with E-state index in [0.29, 0.717) is 36.2 Å². The molecule has 31 heavy (non-hydrogen) atoms. The van der Waals surface area contributed by atoms with Crippen molar-refractivity contribution in [1.29, 1.82) is 0 Å². The highest BCUT2D eigenvalue weighted by molar-refractivity contribution is 6.15. The average molecular weight is 420 g/mol. The fraction of sp³-hybridized carbons (Fsp3) is 0.227. The van der Waals surface area contributed by atoms with Crippen LogP contribution in [-0.2, 0) is 4.79 Å². The van der Waals surface area contributed by atoms with Crippen molar-refractivity contribution >= 4 is 24.2 Å². The molecule has 0 unspecified atom stereocenters. The summed E-state index contributed by atoms with van der Waals surface area (Å²) in [6.45, 7) is 1.39. The van der Waals surface area contributed by atoms with Gasteiger partial charge in [0.25, 0.3) is 5.91 Å². The Kier molecular flexibility index (Phi) is 4.91. The fourth-order valence-corrected chi connectivity index (χ4v) is 3.32. The van der Waals surface area contributed by atoms with E-state index in [2.05, 4.69) is 15.3 Å². The average Bonchev–Trinajstić information content (AvgIpc) is 3.49. The molecule has 0 aliphatic carbocycles. The van der Waals surface area contributed by atoms with Crippen molar-refractivity contribution in [3.05, 3.63) is 53.2 Å². The third-order valence-electron chi connectivity index (χ3n) is 4.93. The quantitative estimate of drug-likeness (QED) is 0.452. The van der Waals surface area contributed by atoms with Crippen molar-refractivity contribution < 1.29 is 23.7 Å². The maximum Gasteiger partial charge on any atom is 0.276 e. The van der Waals surface area contributed by atoms with Crippen LogP contribution in [0.3, 0.4) is 0 Å². The van der Waals surface area contributed by atoms with Gasteiger partial charge >= 0.3 is 0 Å². The van der Waals surface area contributed by atoms with Crippen LogP contribution in [0.25, 0.3) is 6.08 Å². The second kappa shape index (κ2) is 8.02. The largest absolute Gasteiger partial charge is 0.454 e. The highest BCUT2D eigenvalue weighted by Crippen LogP contribution is 2.33. The molecule has 2 aromatic carbocycles. The summed E-state index contributed by atoms with van der Waals surface area (Å²) in [5.74, 6) is 3.18. The molecule has 3 aliphatic rings. The highest BCUT2D eigenvalue weighted by Gasteiger charge is 2.28. The molecule has 3 aliphatic heterocycles. The molecular formula is C22H20N4O5. The second-order valence-corrected chi connectivity index (χ2v) is 7.01. The normalized spacial score (nSPS) is 19.1. The molecular weight excluding hydrogens is 400 g/mol. The molecule has 0 radical (unpaired) electrons. The van der Waals surface area contributed by atoms with Crippen LogP contribution < -0.4 is 24.3 Å². The van der Waals surface area contributed by atoms with E-state index in [0.717, 1.165) is 22.6 Å². The maximum absolute atomic E-state index is 12.5. The Morgan fingerprint density at radius 2 is 1.58 bits per heavy atom. The lowest BCUT2D eigenvalue weighted by molar-refractivity contribution is -0.121. The zero-order valence-corrected chi connectivity index (χ0v) is 16.8. The third kappa shape index (κ3) is 3.89. The maximum atomic E-state index is 12.5. The Labute approximate surface area is 178 Å². The van der Waals surface area contributed by atoms with E-state index in [9.17, 15) is 4.79 Å². The number of nitrogens with one attached hydrogen (secondary N) is 1. The second-order valence-electron chi connectivity index (χ2n) is 7.01. The van der Waals surface area contributed by atoms with E-state index in [1.807, 2.05) is 36.4 Å². The molecule has 0 saturated carbocycles. The van der Waals surface area contributed by atoms with E-state index in [-0.39, 0.29) is 19.5 Å². The summed E-state index contributed by atoms with van der Waals surface area (Å²) in [4.78, 5) is 22.9. The zero-order valence-electron chi connectivity index (χ0n) is 16.8. The Morgan fingerprint density at radius 1 is 0.935 bits per heavy atom. The molecule has 0 atom stereocenters. The van der Waals surface area contributed by atoms with Gasteiger partial charge in [0, 0.05) is 13.3 Å². The van der Waals surface area contributed by atoms with Crippen LogP contribution in [-0.4, -0.2) is 56.7 Å². The summed E-state index contributed by atoms with van der Waals surface area (Å²) in [5.41, 5.74) is 2.21. The van der Waals surface area contributed by atoms with Gasteiger partial charge in [0.05, 0.1) is 13.1 Å². The van der Waals surface area contributed by atoms with Crippen molar-refractivity contribution in [2.75, 3.05) is 33.7 Å². The van der Waals surface area contributed by atoms with Crippen molar-refractivity contribution in [1.82, 2.24) is 10.2 Å². The predicted molar refractivity (Wildman–Crippen MR) is 114 cm³/mol. The summed E-state index contributed by atoms with van der Waals surface area (Å²) in [7, 11) is 1.69. The molecule has 0 bridgehead atoms. The van der Waals surface area contributed by atoms with Crippen LogP contribution in [0.2, 0.25) is 0 Å². The lowest BCUT2D eigenvalue weighted by atomic mass is 10.1. The van der Waals surface area contributed by atoms with Gasteiger partial charge < -0.3 is 24.3 Å². The minimum absolute atomic E-state index is 0.153. The molecule has 5 rings (SSSR count). The van der Waals surface area contributed by atoms with Crippen LogP contribution in [0.15, 0.2) is 52.1 Å². The van der Waals surface area contributed by atoms with Gasteiger partial charge in [0.1, 0.15) is 5.70 Å². The first-order chi connectivity index (χ1) is 15.2. The lowest BCUT2D eigenvalue weighted by Crippen LogP contribution is -2.28. The molecule has 0 aromatic heterocycles. The number of carbonyl (C=O) groups excluding carboxylic acids is 1. The van der Waals surface area contributed by atoms with Crippen molar-refractivity contribution in [2.24, 2.45) is 9.98 Å². The lowest BCUT2D eigenvalue weighted by Gasteiger charge is -2.06. The number of hydrogen-bond donors (Lipinski definition) is 1. The topological polar surface area (TPSA) is 94.0 Å². The molecule has 158 valence electrons. The Bertz CT molecular complexity index is 1120. The summed E-state index contributed by atoms with van der Waals surface area (Å²) < 4.78 is 21.4. The monoisotopic (exact) mass is 420 g/mol. The number of hydrogen-bond acceptors (Lipinski definition) is 7. The van der Waals surface area contributed by atoms with E-state index in [4.69, 9.17) is 18.9 Å². The smallest absolute Gasteiger partial charge is 0.276 e. The number of guanidine groups is 1. The fourth-order valence-electron chi connectivity index (χ4n) is 3.32. The van der Waals surface area contributed by atoms with Gasteiger partial charge in [0.2, 0.25) is 19.5 Å². The SMILES string of the molecule is CN1C(=O)/C(=C/c2ccc3c(c2)OCO3)NC1=NCCN=Cc1ccc2c(c1)OCO2. The number of aliphatic imine (C=N–C) groups is 2. The third-order valence-corrected chi connectivity index (χ3v) is 4.93. The van der Waals surface area contributed by atoms with Gasteiger partial charge in [0.15, 0.2) is 23.0 Å². The molecule has 9 nitrogen and oxygen atoms in total. The molecule has 0 spiro atoms. The number of benzene rings is 2. The Morgan fingerprint density at radius 3 is 2.32 bits per heavy atom. The molecule has 1 fully saturated rings. The summed E-state index contributed by atoms with van der Waals surface area (Å²) in [6.07, 6.45) is 3.53. The van der Waals surface area contributed by atoms with Crippen LogP contribution in [0, 0.1) is 0 Å². The number of likely N-dealkylation sites (N-methyl/N-ethyl adjacent to an activating group) is 1. The van der Waals surface area contributed by atoms with Gasteiger partial charge in [-0.2, -0.15) is 0 Å². The molecule has 3 heterocycles. The minimum Gasteiger partial charge on any atom is -0.454 e. The minimum atomic E-state index is -0.153. The first-order valence-electron chi connectivity index (χ1n) is 9.78. The van der Waals surface area contributed by atoms with Crippen LogP contribution in [0.4, 0.5) is 0 Å². The van der Waals surface area contributed by atoms with E-state index >= 15 is 0 Å². The van der Waals surface area contributed by atoms with E-state index in [1.165, 1.54) is 4.90 Å². The Hall–Kier alpha value is -4.01. The molecule has 1 saturated heterocycles. The van der Waals surface area contributed by atoms with Crippen molar-refractivity contribution in [3.63, 3.8) is 0 Å². The van der Waals surface area contributed by atoms with Gasteiger partial charge in [-0.05, 0) is 47.5 Å². The van der Waals surface area contributed by atoms with Crippen LogP contribution >= 0.6 is 0 Å². The number of nitrogens with zero attached hydrogens (tertiary/aromatic N) is 3. The molecule has 1 amide bonds. The highest BCUT2D eigenvalue weighted by atomic mass is 16.7.